The summed E-state index contributed by atoms with van der Waals surface area (Å²) in [6.45, 7) is 2.44. The molecular weight excluding hydrogens is 332 g/mol. The predicted molar refractivity (Wildman–Crippen MR) is 96.1 cm³/mol. The first kappa shape index (κ1) is 16.6. The SMILES string of the molecule is CCOc1cc(-c2ccc3nonc3c2)cc(C(CC2CC2)C(=O)O)c1. The number of hydrogen-bond donors (Lipinski definition) is 1. The quantitative estimate of drug-likeness (QED) is 0.684. The Hall–Kier alpha value is -2.89. The number of aromatic nitrogens is 2. The minimum absolute atomic E-state index is 0.515. The second kappa shape index (κ2) is 6.78. The Morgan fingerprint density at radius 2 is 2.00 bits per heavy atom. The van der Waals surface area contributed by atoms with E-state index < -0.39 is 11.9 Å². The summed E-state index contributed by atoms with van der Waals surface area (Å²) >= 11 is 0. The maximum Gasteiger partial charge on any atom is 0.310 e. The number of nitrogens with zero attached hydrogens (tertiary/aromatic N) is 2. The van der Waals surface area contributed by atoms with E-state index in [0.29, 0.717) is 35.7 Å². The third kappa shape index (κ3) is 3.40. The van der Waals surface area contributed by atoms with Crippen molar-refractivity contribution in [1.82, 2.24) is 10.3 Å². The van der Waals surface area contributed by atoms with Crippen LogP contribution < -0.4 is 4.74 Å². The van der Waals surface area contributed by atoms with Crippen molar-refractivity contribution in [3.8, 4) is 16.9 Å². The van der Waals surface area contributed by atoms with E-state index in [0.717, 1.165) is 29.5 Å². The van der Waals surface area contributed by atoms with Gasteiger partial charge >= 0.3 is 5.97 Å². The molecule has 1 N–H and O–H groups in total. The molecule has 0 saturated heterocycles. The number of hydrogen-bond acceptors (Lipinski definition) is 5. The van der Waals surface area contributed by atoms with Crippen LogP contribution in [0.3, 0.4) is 0 Å². The summed E-state index contributed by atoms with van der Waals surface area (Å²) in [5.41, 5.74) is 3.96. The van der Waals surface area contributed by atoms with Gasteiger partial charge in [0.05, 0.1) is 12.5 Å². The lowest BCUT2D eigenvalue weighted by molar-refractivity contribution is -0.139. The number of fused-ring (bicyclic) bond motifs is 1. The van der Waals surface area contributed by atoms with Crippen LogP contribution in [0.1, 0.15) is 37.7 Å². The highest BCUT2D eigenvalue weighted by molar-refractivity contribution is 5.82. The number of ether oxygens (including phenoxy) is 1. The molecule has 26 heavy (non-hydrogen) atoms. The van der Waals surface area contributed by atoms with Gasteiger partial charge in [-0.05, 0) is 70.5 Å². The Morgan fingerprint density at radius 1 is 1.19 bits per heavy atom. The van der Waals surface area contributed by atoms with Gasteiger partial charge in [-0.3, -0.25) is 4.79 Å². The number of carboxylic acid groups (broad SMARTS) is 1. The van der Waals surface area contributed by atoms with Crippen molar-refractivity contribution < 1.29 is 19.3 Å². The van der Waals surface area contributed by atoms with Crippen molar-refractivity contribution in [3.05, 3.63) is 42.0 Å². The molecule has 0 amide bonds. The van der Waals surface area contributed by atoms with Crippen LogP contribution in [0, 0.1) is 5.92 Å². The maximum absolute atomic E-state index is 11.8. The van der Waals surface area contributed by atoms with Gasteiger partial charge in [-0.25, -0.2) is 4.63 Å². The van der Waals surface area contributed by atoms with Crippen LogP contribution in [-0.4, -0.2) is 28.0 Å². The maximum atomic E-state index is 11.8. The number of aliphatic carboxylic acids is 1. The van der Waals surface area contributed by atoms with Crippen LogP contribution in [0.15, 0.2) is 41.0 Å². The monoisotopic (exact) mass is 352 g/mol. The highest BCUT2D eigenvalue weighted by Crippen LogP contribution is 2.40. The molecule has 0 radical (unpaired) electrons. The number of benzene rings is 2. The molecule has 1 aliphatic carbocycles. The van der Waals surface area contributed by atoms with Crippen molar-refractivity contribution in [2.24, 2.45) is 5.92 Å². The van der Waals surface area contributed by atoms with Crippen LogP contribution in [0.5, 0.6) is 5.75 Å². The molecule has 1 aliphatic rings. The van der Waals surface area contributed by atoms with Gasteiger partial charge in [0.25, 0.3) is 0 Å². The van der Waals surface area contributed by atoms with Gasteiger partial charge in [0, 0.05) is 0 Å². The first-order valence-corrected chi connectivity index (χ1v) is 8.87. The Morgan fingerprint density at radius 3 is 2.73 bits per heavy atom. The average molecular weight is 352 g/mol. The Labute approximate surface area is 150 Å². The summed E-state index contributed by atoms with van der Waals surface area (Å²) in [4.78, 5) is 11.8. The number of carbonyl (C=O) groups is 1. The van der Waals surface area contributed by atoms with E-state index >= 15 is 0 Å². The molecule has 1 unspecified atom stereocenters. The molecule has 134 valence electrons. The third-order valence-electron chi connectivity index (χ3n) is 4.79. The zero-order valence-corrected chi connectivity index (χ0v) is 14.5. The molecule has 4 rings (SSSR count). The number of rotatable bonds is 7. The minimum atomic E-state index is -0.785. The summed E-state index contributed by atoms with van der Waals surface area (Å²) in [5, 5.41) is 17.4. The van der Waals surface area contributed by atoms with E-state index in [9.17, 15) is 9.90 Å². The fraction of sp³-hybridized carbons (Fsp3) is 0.350. The van der Waals surface area contributed by atoms with Crippen LogP contribution in [0.2, 0.25) is 0 Å². The Balaban J connectivity index is 1.77. The molecule has 1 heterocycles. The first-order chi connectivity index (χ1) is 12.6. The van der Waals surface area contributed by atoms with Crippen molar-refractivity contribution >= 4 is 17.0 Å². The lowest BCUT2D eigenvalue weighted by atomic mass is 9.90. The molecule has 0 spiro atoms. The van der Waals surface area contributed by atoms with E-state index in [1.165, 1.54) is 0 Å². The van der Waals surface area contributed by atoms with Crippen molar-refractivity contribution in [2.45, 2.75) is 32.1 Å². The van der Waals surface area contributed by atoms with Crippen molar-refractivity contribution in [3.63, 3.8) is 0 Å². The van der Waals surface area contributed by atoms with Crippen LogP contribution >= 0.6 is 0 Å². The van der Waals surface area contributed by atoms with E-state index in [1.807, 2.05) is 43.3 Å². The van der Waals surface area contributed by atoms with Crippen molar-refractivity contribution in [2.75, 3.05) is 6.61 Å². The first-order valence-electron chi connectivity index (χ1n) is 8.87. The summed E-state index contributed by atoms with van der Waals surface area (Å²) in [7, 11) is 0. The minimum Gasteiger partial charge on any atom is -0.494 e. The van der Waals surface area contributed by atoms with E-state index in [2.05, 4.69) is 10.3 Å². The van der Waals surface area contributed by atoms with E-state index in [1.54, 1.807) is 0 Å². The van der Waals surface area contributed by atoms with Gasteiger partial charge in [-0.2, -0.15) is 0 Å². The van der Waals surface area contributed by atoms with Gasteiger partial charge in [0.2, 0.25) is 0 Å². The molecule has 0 bridgehead atoms. The van der Waals surface area contributed by atoms with Gasteiger partial charge in [0.1, 0.15) is 16.8 Å². The highest BCUT2D eigenvalue weighted by Gasteiger charge is 2.30. The van der Waals surface area contributed by atoms with E-state index in [-0.39, 0.29) is 0 Å². The second-order valence-electron chi connectivity index (χ2n) is 6.76. The molecular formula is C20H20N2O4. The second-order valence-corrected chi connectivity index (χ2v) is 6.76. The molecule has 2 aromatic carbocycles. The largest absolute Gasteiger partial charge is 0.494 e. The lowest BCUT2D eigenvalue weighted by Gasteiger charge is -2.16. The molecule has 1 aromatic heterocycles. The zero-order chi connectivity index (χ0) is 18.1. The normalized spacial score (nSPS) is 15.1. The lowest BCUT2D eigenvalue weighted by Crippen LogP contribution is -2.13. The average Bonchev–Trinajstić information content (AvgIpc) is 3.33. The predicted octanol–water partition coefficient (Wildman–Crippen LogP) is 4.26. The topological polar surface area (TPSA) is 85.5 Å². The molecule has 1 atom stereocenters. The van der Waals surface area contributed by atoms with Crippen LogP contribution in [0.4, 0.5) is 0 Å². The molecule has 1 fully saturated rings. The molecule has 6 nitrogen and oxygen atoms in total. The van der Waals surface area contributed by atoms with Crippen LogP contribution in [-0.2, 0) is 4.79 Å². The van der Waals surface area contributed by atoms with Gasteiger partial charge in [0.15, 0.2) is 0 Å². The fourth-order valence-corrected chi connectivity index (χ4v) is 3.27. The van der Waals surface area contributed by atoms with Gasteiger partial charge < -0.3 is 9.84 Å². The summed E-state index contributed by atoms with van der Waals surface area (Å²) in [6, 6.07) is 11.4. The summed E-state index contributed by atoms with van der Waals surface area (Å²) in [5.74, 6) is -0.0972. The summed E-state index contributed by atoms with van der Waals surface area (Å²) < 4.78 is 10.5. The molecule has 1 saturated carbocycles. The Kier molecular flexibility index (Phi) is 4.32. The molecule has 3 aromatic rings. The van der Waals surface area contributed by atoms with E-state index in [4.69, 9.17) is 9.37 Å². The standard InChI is InChI=1S/C20H20N2O4/c1-2-25-16-9-14(13-5-6-18-19(11-13)22-26-21-18)8-15(10-16)17(20(23)24)7-12-3-4-12/h5-6,8-12,17H,2-4,7H2,1H3,(H,23,24). The highest BCUT2D eigenvalue weighted by atomic mass is 16.6. The summed E-state index contributed by atoms with van der Waals surface area (Å²) in [6.07, 6.45) is 2.92. The third-order valence-corrected chi connectivity index (χ3v) is 4.79. The number of carboxylic acids is 1. The molecule has 6 heteroatoms. The van der Waals surface area contributed by atoms with Crippen LogP contribution in [0.25, 0.3) is 22.2 Å². The zero-order valence-electron chi connectivity index (χ0n) is 14.5. The molecule has 0 aliphatic heterocycles. The fourth-order valence-electron chi connectivity index (χ4n) is 3.27. The van der Waals surface area contributed by atoms with Gasteiger partial charge in [-0.1, -0.05) is 25.0 Å². The van der Waals surface area contributed by atoms with Crippen molar-refractivity contribution in [1.29, 1.82) is 0 Å². The Bertz CT molecular complexity index is 946. The van der Waals surface area contributed by atoms with Gasteiger partial charge in [-0.15, -0.1) is 0 Å². The smallest absolute Gasteiger partial charge is 0.310 e.